The minimum absolute atomic E-state index is 0.0257. The van der Waals surface area contributed by atoms with Crippen molar-refractivity contribution in [3.63, 3.8) is 0 Å². The van der Waals surface area contributed by atoms with E-state index in [4.69, 9.17) is 10.5 Å². The van der Waals surface area contributed by atoms with Gasteiger partial charge in [-0.15, -0.1) is 0 Å². The number of aryl methyl sites for hydroxylation is 1. The molecule has 0 atom stereocenters. The van der Waals surface area contributed by atoms with Gasteiger partial charge in [0.05, 0.1) is 43.5 Å². The lowest BCUT2D eigenvalue weighted by Crippen LogP contribution is -2.29. The van der Waals surface area contributed by atoms with E-state index in [1.165, 1.54) is 55.6 Å². The molecule has 338 valence electrons. The third kappa shape index (κ3) is 8.33. The summed E-state index contributed by atoms with van der Waals surface area (Å²) in [5.74, 6) is -2.93. The highest BCUT2D eigenvalue weighted by Crippen LogP contribution is 2.45. The summed E-state index contributed by atoms with van der Waals surface area (Å²) in [5, 5.41) is 5.15. The van der Waals surface area contributed by atoms with E-state index in [1.807, 2.05) is 0 Å². The van der Waals surface area contributed by atoms with Crippen LogP contribution in [0.1, 0.15) is 31.8 Å². The zero-order valence-corrected chi connectivity index (χ0v) is 36.2. The third-order valence-corrected chi connectivity index (χ3v) is 13.5. The van der Waals surface area contributed by atoms with Crippen LogP contribution in [0.5, 0.6) is 11.8 Å². The van der Waals surface area contributed by atoms with Crippen LogP contribution in [-0.4, -0.2) is 83.0 Å². The molecule has 8 N–H and O–H groups in total. The average Bonchev–Trinajstić information content (AvgIpc) is 3.22. The zero-order valence-electron chi connectivity index (χ0n) is 32.9. The number of fused-ring (bicyclic) bond motifs is 2. The molecular weight excluding hydrogens is 951 g/mol. The van der Waals surface area contributed by atoms with Crippen molar-refractivity contribution in [2.75, 3.05) is 16.4 Å². The van der Waals surface area contributed by atoms with Gasteiger partial charge in [0.15, 0.2) is 11.6 Å². The number of nitrogens with zero attached hydrogens (tertiary/aromatic N) is 4. The predicted molar refractivity (Wildman–Crippen MR) is 231 cm³/mol. The number of aromatic nitrogens is 4. The SMILES string of the molecule is Cn1c(=O)c(C(=O)c2cccc(S(=O)(=O)O)c2)c2c3c(c(Nc4cc(Nc5nc(N)nc(Oc6ccc(S(=O)(=O)O)cc6)n5)c(S(=O)(=O)O)cc4S(=O)(=O)O)ccc31)C(=O)c1ccccc1-2. The number of nitrogen functional groups attached to an aromatic ring is 1. The average molecular weight is 978 g/mol. The molecular formula is C39H27N7O16S4. The highest BCUT2D eigenvalue weighted by Gasteiger charge is 2.35. The number of rotatable bonds is 12. The van der Waals surface area contributed by atoms with Crippen molar-refractivity contribution in [2.24, 2.45) is 7.05 Å². The van der Waals surface area contributed by atoms with Crippen LogP contribution in [0.2, 0.25) is 0 Å². The summed E-state index contributed by atoms with van der Waals surface area (Å²) in [6.07, 6.45) is 0. The van der Waals surface area contributed by atoms with E-state index >= 15 is 0 Å². The summed E-state index contributed by atoms with van der Waals surface area (Å²) < 4.78 is 144. The number of hydrogen-bond donors (Lipinski definition) is 7. The van der Waals surface area contributed by atoms with Crippen LogP contribution in [-0.2, 0) is 47.5 Å². The predicted octanol–water partition coefficient (Wildman–Crippen LogP) is 4.01. The second-order valence-corrected chi connectivity index (χ2v) is 19.7. The summed E-state index contributed by atoms with van der Waals surface area (Å²) in [4.78, 5) is 51.2. The molecule has 5 aromatic carbocycles. The fraction of sp³-hybridized carbons (Fsp3) is 0.0256. The van der Waals surface area contributed by atoms with Gasteiger partial charge in [-0.1, -0.05) is 36.4 Å². The summed E-state index contributed by atoms with van der Waals surface area (Å²) in [5.41, 5.74) is 2.38. The maximum Gasteiger partial charge on any atom is 0.328 e. The Labute approximate surface area is 371 Å². The van der Waals surface area contributed by atoms with Gasteiger partial charge in [0.2, 0.25) is 11.9 Å². The van der Waals surface area contributed by atoms with Gasteiger partial charge < -0.3 is 25.7 Å². The van der Waals surface area contributed by atoms with Gasteiger partial charge in [0.1, 0.15) is 15.5 Å². The van der Waals surface area contributed by atoms with Crippen molar-refractivity contribution in [2.45, 2.75) is 19.6 Å². The molecule has 0 unspecified atom stereocenters. The molecule has 0 saturated carbocycles. The molecule has 0 fully saturated rings. The molecule has 27 heteroatoms. The Morgan fingerprint density at radius 1 is 0.636 bits per heavy atom. The van der Waals surface area contributed by atoms with Crippen molar-refractivity contribution in [3.05, 3.63) is 130 Å². The molecule has 0 bridgehead atoms. The zero-order chi connectivity index (χ0) is 47.8. The molecule has 0 spiro atoms. The molecule has 1 aliphatic rings. The number of benzene rings is 5. The normalized spacial score (nSPS) is 12.7. The van der Waals surface area contributed by atoms with Crippen LogP contribution in [0.4, 0.5) is 29.0 Å². The molecule has 8 rings (SSSR count). The van der Waals surface area contributed by atoms with Crippen molar-refractivity contribution >= 4 is 91.9 Å². The summed E-state index contributed by atoms with van der Waals surface area (Å²) in [7, 11) is -18.9. The molecule has 7 aromatic rings. The molecule has 0 radical (unpaired) electrons. The lowest BCUT2D eigenvalue weighted by Gasteiger charge is -2.26. The van der Waals surface area contributed by atoms with Gasteiger partial charge in [0.25, 0.3) is 46.0 Å². The number of ketones is 2. The monoisotopic (exact) mass is 977 g/mol. The Morgan fingerprint density at radius 2 is 1.26 bits per heavy atom. The molecule has 0 aliphatic heterocycles. The van der Waals surface area contributed by atoms with E-state index in [1.54, 1.807) is 0 Å². The first-order chi connectivity index (χ1) is 30.8. The number of anilines is 5. The number of nitrogens with one attached hydrogen (secondary N) is 2. The highest BCUT2D eigenvalue weighted by molar-refractivity contribution is 7.87. The Kier molecular flexibility index (Phi) is 10.8. The minimum Gasteiger partial charge on any atom is -0.424 e. The second-order valence-electron chi connectivity index (χ2n) is 14.1. The van der Waals surface area contributed by atoms with E-state index in [0.717, 1.165) is 47.0 Å². The first kappa shape index (κ1) is 45.1. The Hall–Kier alpha value is -7.50. The molecule has 1 aliphatic carbocycles. The molecule has 23 nitrogen and oxygen atoms in total. The highest BCUT2D eigenvalue weighted by atomic mass is 32.2. The first-order valence-electron chi connectivity index (χ1n) is 18.2. The topological polar surface area (TPSA) is 372 Å². The van der Waals surface area contributed by atoms with E-state index in [9.17, 15) is 66.3 Å². The van der Waals surface area contributed by atoms with Crippen LogP contribution >= 0.6 is 0 Å². The summed E-state index contributed by atoms with van der Waals surface area (Å²) in [6, 6.07) is 17.5. The van der Waals surface area contributed by atoms with Crippen LogP contribution in [0.15, 0.2) is 121 Å². The maximum atomic E-state index is 14.6. The van der Waals surface area contributed by atoms with Crippen LogP contribution < -0.4 is 26.7 Å². The van der Waals surface area contributed by atoms with Gasteiger partial charge in [-0.05, 0) is 66.2 Å². The molecule has 2 aromatic heterocycles. The smallest absolute Gasteiger partial charge is 0.328 e. The largest absolute Gasteiger partial charge is 0.424 e. The first-order valence-corrected chi connectivity index (χ1v) is 24.0. The minimum atomic E-state index is -5.42. The van der Waals surface area contributed by atoms with Crippen molar-refractivity contribution < 1.29 is 66.2 Å². The van der Waals surface area contributed by atoms with E-state index in [-0.39, 0.29) is 50.2 Å². The van der Waals surface area contributed by atoms with Crippen LogP contribution in [0.25, 0.3) is 22.0 Å². The van der Waals surface area contributed by atoms with Crippen LogP contribution in [0.3, 0.4) is 0 Å². The van der Waals surface area contributed by atoms with E-state index < -0.39 is 112 Å². The fourth-order valence-corrected chi connectivity index (χ4v) is 9.53. The van der Waals surface area contributed by atoms with Gasteiger partial charge in [0, 0.05) is 29.1 Å². The Bertz CT molecular complexity index is 3830. The van der Waals surface area contributed by atoms with Crippen molar-refractivity contribution in [1.82, 2.24) is 19.5 Å². The number of ether oxygens (including phenoxy) is 1. The Morgan fingerprint density at radius 3 is 1.88 bits per heavy atom. The lowest BCUT2D eigenvalue weighted by atomic mass is 9.80. The maximum absolute atomic E-state index is 14.6. The van der Waals surface area contributed by atoms with Gasteiger partial charge in [-0.3, -0.25) is 32.6 Å². The van der Waals surface area contributed by atoms with Gasteiger partial charge >= 0.3 is 6.01 Å². The lowest BCUT2D eigenvalue weighted by molar-refractivity contribution is 0.102. The molecule has 0 saturated heterocycles. The Balaban J connectivity index is 1.30. The number of hydrogen-bond acceptors (Lipinski definition) is 18. The van der Waals surface area contributed by atoms with Gasteiger partial charge in [-0.25, -0.2) is 0 Å². The van der Waals surface area contributed by atoms with Gasteiger partial charge in [-0.2, -0.15) is 48.6 Å². The summed E-state index contributed by atoms with van der Waals surface area (Å²) in [6.45, 7) is 0. The molecule has 66 heavy (non-hydrogen) atoms. The van der Waals surface area contributed by atoms with Crippen molar-refractivity contribution in [3.8, 4) is 22.9 Å². The third-order valence-electron chi connectivity index (χ3n) is 9.97. The summed E-state index contributed by atoms with van der Waals surface area (Å²) >= 11 is 0. The standard InChI is InChI=1S/C39H27N7O16S4/c1-46-27-14-13-24(31-32(27)30(22-7-2-3-8-23(22)35(31)48)33(36(46)49)34(47)18-5-4-6-21(15-18)64(53,54)55)41-25-16-26(29(66(59,60)61)17-28(25)65(56,57)58)42-38-43-37(40)44-39(45-38)62-19-9-11-20(12-10-19)63(50,51)52/h2-17,41H,1H3,(H,50,51,52)(H,53,54,55)(H,56,57,58)(H,59,60,61)(H3,40,42,43,44,45). The fourth-order valence-electron chi connectivity index (χ4n) is 7.14. The molecule has 2 heterocycles. The molecule has 0 amide bonds. The van der Waals surface area contributed by atoms with Crippen molar-refractivity contribution in [1.29, 1.82) is 0 Å². The van der Waals surface area contributed by atoms with Crippen LogP contribution in [0, 0.1) is 0 Å². The quantitative estimate of drug-likeness (QED) is 0.0671. The number of nitrogens with two attached hydrogens (primary N) is 1. The number of carbonyl (C=O) groups excluding carboxylic acids is 2. The second kappa shape index (κ2) is 15.9. The number of carbonyl (C=O) groups is 2. The number of pyridine rings is 1. The van der Waals surface area contributed by atoms with E-state index in [0.29, 0.717) is 6.07 Å². The van der Waals surface area contributed by atoms with E-state index in [2.05, 4.69) is 25.6 Å².